The highest BCUT2D eigenvalue weighted by molar-refractivity contribution is 9.10. The van der Waals surface area contributed by atoms with Gasteiger partial charge in [-0.15, -0.1) is 0 Å². The molecule has 0 aliphatic heterocycles. The van der Waals surface area contributed by atoms with Gasteiger partial charge in [-0.3, -0.25) is 14.6 Å². The minimum Gasteiger partial charge on any atom is -0.494 e. The Morgan fingerprint density at radius 3 is 2.60 bits per heavy atom. The molecule has 2 aromatic carbocycles. The molecule has 2 unspecified atom stereocenters. The number of benzene rings is 2. The highest BCUT2D eigenvalue weighted by Crippen LogP contribution is 2.48. The SMILES string of the molecule is COc1cc(NC(=O)C2CC2c2ccc(Br)cc2)ccc1NC(=O)c1cccnc1. The van der Waals surface area contributed by atoms with Crippen LogP contribution >= 0.6 is 15.9 Å². The van der Waals surface area contributed by atoms with Gasteiger partial charge in [-0.05, 0) is 54.3 Å². The molecule has 7 heteroatoms. The zero-order valence-corrected chi connectivity index (χ0v) is 17.8. The van der Waals surface area contributed by atoms with Gasteiger partial charge < -0.3 is 15.4 Å². The van der Waals surface area contributed by atoms with Crippen LogP contribution in [0.3, 0.4) is 0 Å². The van der Waals surface area contributed by atoms with Crippen molar-refractivity contribution in [1.29, 1.82) is 0 Å². The van der Waals surface area contributed by atoms with E-state index < -0.39 is 0 Å². The third-order valence-electron chi connectivity index (χ3n) is 5.07. The van der Waals surface area contributed by atoms with E-state index in [1.165, 1.54) is 18.9 Å². The molecule has 0 bridgehead atoms. The van der Waals surface area contributed by atoms with Gasteiger partial charge in [-0.1, -0.05) is 28.1 Å². The van der Waals surface area contributed by atoms with Crippen molar-refractivity contribution in [3.63, 3.8) is 0 Å². The number of carbonyl (C=O) groups excluding carboxylic acids is 2. The molecule has 0 spiro atoms. The Hall–Kier alpha value is -3.19. The second-order valence-corrected chi connectivity index (χ2v) is 8.02. The van der Waals surface area contributed by atoms with Crippen LogP contribution in [-0.2, 0) is 4.79 Å². The first-order valence-corrected chi connectivity index (χ1v) is 10.3. The van der Waals surface area contributed by atoms with E-state index in [0.29, 0.717) is 22.7 Å². The average molecular weight is 466 g/mol. The normalized spacial score (nSPS) is 17.1. The van der Waals surface area contributed by atoms with E-state index >= 15 is 0 Å². The lowest BCUT2D eigenvalue weighted by Crippen LogP contribution is -2.15. The van der Waals surface area contributed by atoms with E-state index in [0.717, 1.165) is 10.9 Å². The summed E-state index contributed by atoms with van der Waals surface area (Å²) >= 11 is 3.43. The predicted molar refractivity (Wildman–Crippen MR) is 119 cm³/mol. The summed E-state index contributed by atoms with van der Waals surface area (Å²) in [5, 5.41) is 5.76. The number of nitrogens with one attached hydrogen (secondary N) is 2. The lowest BCUT2D eigenvalue weighted by atomic mass is 10.1. The first-order chi connectivity index (χ1) is 14.5. The topological polar surface area (TPSA) is 80.3 Å². The zero-order valence-electron chi connectivity index (χ0n) is 16.3. The molecule has 152 valence electrons. The number of ether oxygens (including phenoxy) is 1. The maximum absolute atomic E-state index is 12.6. The third kappa shape index (κ3) is 4.52. The number of hydrogen-bond acceptors (Lipinski definition) is 4. The van der Waals surface area contributed by atoms with E-state index in [1.807, 2.05) is 24.3 Å². The van der Waals surface area contributed by atoms with Crippen LogP contribution in [0, 0.1) is 5.92 Å². The summed E-state index contributed by atoms with van der Waals surface area (Å²) in [5.74, 6) is 0.371. The van der Waals surface area contributed by atoms with Crippen LogP contribution in [0.25, 0.3) is 0 Å². The van der Waals surface area contributed by atoms with Gasteiger partial charge in [0.25, 0.3) is 5.91 Å². The highest BCUT2D eigenvalue weighted by Gasteiger charge is 2.43. The maximum Gasteiger partial charge on any atom is 0.257 e. The van der Waals surface area contributed by atoms with E-state index in [-0.39, 0.29) is 23.7 Å². The molecule has 0 radical (unpaired) electrons. The maximum atomic E-state index is 12.6. The standard InChI is InChI=1S/C23H20BrN3O3/c1-30-21-11-17(8-9-20(21)27-22(28)15-3-2-10-25-13-15)26-23(29)19-12-18(19)14-4-6-16(24)7-5-14/h2-11,13,18-19H,12H2,1H3,(H,26,29)(H,27,28). The molecule has 1 aliphatic carbocycles. The van der Waals surface area contributed by atoms with Crippen molar-refractivity contribution in [2.75, 3.05) is 17.7 Å². The van der Waals surface area contributed by atoms with Gasteiger partial charge in [-0.25, -0.2) is 0 Å². The van der Waals surface area contributed by atoms with Crippen LogP contribution in [0.4, 0.5) is 11.4 Å². The molecule has 30 heavy (non-hydrogen) atoms. The van der Waals surface area contributed by atoms with Crippen LogP contribution in [0.2, 0.25) is 0 Å². The Kier molecular flexibility index (Phi) is 5.81. The number of rotatable bonds is 6. The Morgan fingerprint density at radius 1 is 1.10 bits per heavy atom. The summed E-state index contributed by atoms with van der Waals surface area (Å²) in [4.78, 5) is 28.9. The average Bonchev–Trinajstić information content (AvgIpc) is 3.57. The van der Waals surface area contributed by atoms with Crippen LogP contribution < -0.4 is 15.4 Å². The first-order valence-electron chi connectivity index (χ1n) is 9.51. The molecule has 1 saturated carbocycles. The number of anilines is 2. The molecule has 6 nitrogen and oxygen atoms in total. The highest BCUT2D eigenvalue weighted by atomic mass is 79.9. The number of hydrogen-bond donors (Lipinski definition) is 2. The van der Waals surface area contributed by atoms with Crippen molar-refractivity contribution >= 4 is 39.1 Å². The third-order valence-corrected chi connectivity index (χ3v) is 5.60. The Balaban J connectivity index is 1.41. The number of methoxy groups -OCH3 is 1. The largest absolute Gasteiger partial charge is 0.494 e. The second kappa shape index (κ2) is 8.67. The number of nitrogens with zero attached hydrogens (tertiary/aromatic N) is 1. The number of halogens is 1. The molecule has 2 N–H and O–H groups in total. The minimum atomic E-state index is -0.284. The van der Waals surface area contributed by atoms with Crippen LogP contribution in [0.15, 0.2) is 71.5 Å². The van der Waals surface area contributed by atoms with Crippen molar-refractivity contribution < 1.29 is 14.3 Å². The summed E-state index contributed by atoms with van der Waals surface area (Å²) in [7, 11) is 1.52. The van der Waals surface area contributed by atoms with Crippen LogP contribution in [-0.4, -0.2) is 23.9 Å². The predicted octanol–water partition coefficient (Wildman–Crippen LogP) is 4.85. The Labute approximate surface area is 182 Å². The lowest BCUT2D eigenvalue weighted by molar-refractivity contribution is -0.117. The fourth-order valence-electron chi connectivity index (χ4n) is 3.36. The molecular formula is C23H20BrN3O3. The number of aromatic nitrogens is 1. The number of carbonyl (C=O) groups is 2. The molecule has 3 aromatic rings. The Morgan fingerprint density at radius 2 is 1.90 bits per heavy atom. The van der Waals surface area contributed by atoms with Gasteiger partial charge in [0, 0.05) is 34.5 Å². The van der Waals surface area contributed by atoms with Gasteiger partial charge in [0.15, 0.2) is 0 Å². The van der Waals surface area contributed by atoms with Crippen LogP contribution in [0.1, 0.15) is 28.3 Å². The van der Waals surface area contributed by atoms with Gasteiger partial charge in [0.1, 0.15) is 5.75 Å². The number of amides is 2. The minimum absolute atomic E-state index is 0.0166. The van der Waals surface area contributed by atoms with Crippen molar-refractivity contribution in [2.24, 2.45) is 5.92 Å². The quantitative estimate of drug-likeness (QED) is 0.545. The smallest absolute Gasteiger partial charge is 0.257 e. The summed E-state index contributed by atoms with van der Waals surface area (Å²) in [6.07, 6.45) is 3.94. The molecule has 1 fully saturated rings. The molecule has 4 rings (SSSR count). The van der Waals surface area contributed by atoms with Crippen molar-refractivity contribution in [2.45, 2.75) is 12.3 Å². The summed E-state index contributed by atoms with van der Waals surface area (Å²) in [5.41, 5.74) is 2.76. The zero-order chi connectivity index (χ0) is 21.1. The van der Waals surface area contributed by atoms with Crippen molar-refractivity contribution in [3.8, 4) is 5.75 Å². The molecule has 2 atom stereocenters. The van der Waals surface area contributed by atoms with Crippen molar-refractivity contribution in [3.05, 3.63) is 82.6 Å². The van der Waals surface area contributed by atoms with Gasteiger partial charge in [0.2, 0.25) is 5.91 Å². The molecule has 1 aromatic heterocycles. The molecule has 1 heterocycles. The Bertz CT molecular complexity index is 1070. The van der Waals surface area contributed by atoms with Crippen molar-refractivity contribution in [1.82, 2.24) is 4.98 Å². The number of pyridine rings is 1. The van der Waals surface area contributed by atoms with Gasteiger partial charge in [0.05, 0.1) is 18.4 Å². The fourth-order valence-corrected chi connectivity index (χ4v) is 3.63. The first kappa shape index (κ1) is 20.1. The van der Waals surface area contributed by atoms with Gasteiger partial charge >= 0.3 is 0 Å². The molecular weight excluding hydrogens is 446 g/mol. The molecule has 1 aliphatic rings. The van der Waals surface area contributed by atoms with Crippen LogP contribution in [0.5, 0.6) is 5.75 Å². The molecule has 2 amide bonds. The summed E-state index contributed by atoms with van der Waals surface area (Å²) in [6, 6.07) is 16.6. The van der Waals surface area contributed by atoms with E-state index in [9.17, 15) is 9.59 Å². The summed E-state index contributed by atoms with van der Waals surface area (Å²) in [6.45, 7) is 0. The van der Waals surface area contributed by atoms with Gasteiger partial charge in [-0.2, -0.15) is 0 Å². The molecule has 0 saturated heterocycles. The van der Waals surface area contributed by atoms with E-state index in [2.05, 4.69) is 31.5 Å². The lowest BCUT2D eigenvalue weighted by Gasteiger charge is -2.13. The monoisotopic (exact) mass is 465 g/mol. The summed E-state index contributed by atoms with van der Waals surface area (Å²) < 4.78 is 6.42. The fraction of sp³-hybridized carbons (Fsp3) is 0.174. The van der Waals surface area contributed by atoms with E-state index in [4.69, 9.17) is 4.74 Å². The van der Waals surface area contributed by atoms with E-state index in [1.54, 1.807) is 36.5 Å². The second-order valence-electron chi connectivity index (χ2n) is 7.10.